The van der Waals surface area contributed by atoms with Crippen LogP contribution in [0.1, 0.15) is 49.9 Å². The average molecular weight is 446 g/mol. The van der Waals surface area contributed by atoms with E-state index < -0.39 is 34.7 Å². The predicted molar refractivity (Wildman–Crippen MR) is 113 cm³/mol. The minimum Gasteiger partial charge on any atom is -0.465 e. The van der Waals surface area contributed by atoms with Gasteiger partial charge in [-0.25, -0.2) is 0 Å². The quantitative estimate of drug-likeness (QED) is 0.340. The first-order valence-electron chi connectivity index (χ1n) is 11.1. The Labute approximate surface area is 187 Å². The van der Waals surface area contributed by atoms with E-state index in [1.165, 1.54) is 0 Å². The molecule has 0 bridgehead atoms. The van der Waals surface area contributed by atoms with Crippen molar-refractivity contribution in [1.29, 1.82) is 0 Å². The molecule has 2 aliphatic rings. The lowest BCUT2D eigenvalue weighted by molar-refractivity contribution is -0.173. The molecule has 0 aromatic heterocycles. The van der Waals surface area contributed by atoms with Crippen molar-refractivity contribution < 1.29 is 38.1 Å². The maximum atomic E-state index is 12.9. The molecule has 0 spiro atoms. The molecule has 0 radical (unpaired) electrons. The number of carbonyl (C=O) groups excluding carboxylic acids is 4. The summed E-state index contributed by atoms with van der Waals surface area (Å²) >= 11 is 0. The molecule has 0 fully saturated rings. The van der Waals surface area contributed by atoms with Crippen LogP contribution in [0.3, 0.4) is 0 Å². The van der Waals surface area contributed by atoms with Gasteiger partial charge in [-0.2, -0.15) is 0 Å². The third kappa shape index (κ3) is 3.76. The van der Waals surface area contributed by atoms with Gasteiger partial charge in [0.2, 0.25) is 0 Å². The zero-order valence-corrected chi connectivity index (χ0v) is 19.1. The fourth-order valence-electron chi connectivity index (χ4n) is 4.76. The molecule has 174 valence electrons. The van der Waals surface area contributed by atoms with Crippen molar-refractivity contribution >= 4 is 23.9 Å². The fourth-order valence-corrected chi connectivity index (χ4v) is 4.76. The molecule has 0 saturated heterocycles. The number of hydrogen-bond acceptors (Lipinski definition) is 8. The monoisotopic (exact) mass is 446 g/mol. The molecule has 3 rings (SSSR count). The SMILES string of the molecule is CCOC(=O)C1(C(=O)OCC)Cc2ccc3c(c2C1)CC(C(=O)OCC)(C(=O)OCC)C3. The first kappa shape index (κ1) is 23.8. The summed E-state index contributed by atoms with van der Waals surface area (Å²) < 4.78 is 21.0. The summed E-state index contributed by atoms with van der Waals surface area (Å²) in [6.45, 7) is 7.30. The number of esters is 4. The Morgan fingerprint density at radius 1 is 0.594 bits per heavy atom. The highest BCUT2D eigenvalue weighted by molar-refractivity contribution is 6.03. The molecule has 0 N–H and O–H groups in total. The second kappa shape index (κ2) is 9.30. The molecule has 0 amide bonds. The van der Waals surface area contributed by atoms with E-state index >= 15 is 0 Å². The van der Waals surface area contributed by atoms with Crippen molar-refractivity contribution in [3.63, 3.8) is 0 Å². The van der Waals surface area contributed by atoms with Crippen LogP contribution in [0.2, 0.25) is 0 Å². The number of ether oxygens (including phenoxy) is 4. The highest BCUT2D eigenvalue weighted by atomic mass is 16.6. The molecule has 0 heterocycles. The van der Waals surface area contributed by atoms with Gasteiger partial charge < -0.3 is 18.9 Å². The molecule has 0 aliphatic heterocycles. The molecule has 1 aromatic carbocycles. The Morgan fingerprint density at radius 2 is 0.875 bits per heavy atom. The number of rotatable bonds is 8. The highest BCUT2D eigenvalue weighted by Crippen LogP contribution is 2.47. The van der Waals surface area contributed by atoms with Gasteiger partial charge in [0, 0.05) is 12.8 Å². The third-order valence-corrected chi connectivity index (χ3v) is 6.23. The van der Waals surface area contributed by atoms with Crippen LogP contribution in [0.4, 0.5) is 0 Å². The molecule has 32 heavy (non-hydrogen) atoms. The molecule has 1 aromatic rings. The zero-order valence-electron chi connectivity index (χ0n) is 19.1. The van der Waals surface area contributed by atoms with E-state index in [2.05, 4.69) is 0 Å². The number of fused-ring (bicyclic) bond motifs is 3. The van der Waals surface area contributed by atoms with E-state index in [9.17, 15) is 19.2 Å². The summed E-state index contributed by atoms with van der Waals surface area (Å²) in [5.74, 6) is -2.49. The molecular weight excluding hydrogens is 416 g/mol. The Bertz CT molecular complexity index is 821. The van der Waals surface area contributed by atoms with Gasteiger partial charge in [-0.05, 0) is 62.8 Å². The number of hydrogen-bond donors (Lipinski definition) is 0. The van der Waals surface area contributed by atoms with Gasteiger partial charge >= 0.3 is 23.9 Å². The van der Waals surface area contributed by atoms with Gasteiger partial charge in [0.1, 0.15) is 0 Å². The van der Waals surface area contributed by atoms with E-state index in [1.807, 2.05) is 12.1 Å². The first-order valence-corrected chi connectivity index (χ1v) is 11.1. The van der Waals surface area contributed by atoms with Crippen LogP contribution in [-0.2, 0) is 63.8 Å². The van der Waals surface area contributed by atoms with E-state index in [4.69, 9.17) is 18.9 Å². The van der Waals surface area contributed by atoms with E-state index in [1.54, 1.807) is 27.7 Å². The maximum Gasteiger partial charge on any atom is 0.324 e. The van der Waals surface area contributed by atoms with Gasteiger partial charge in [0.05, 0.1) is 26.4 Å². The molecule has 0 unspecified atom stereocenters. The maximum absolute atomic E-state index is 12.9. The molecule has 0 atom stereocenters. The van der Waals surface area contributed by atoms with Crippen molar-refractivity contribution in [2.45, 2.75) is 53.4 Å². The summed E-state index contributed by atoms with van der Waals surface area (Å²) in [6, 6.07) is 3.70. The Hall–Kier alpha value is -2.90. The number of benzene rings is 1. The van der Waals surface area contributed by atoms with Gasteiger partial charge in [-0.1, -0.05) is 12.1 Å². The minimum atomic E-state index is -1.47. The molecular formula is C24H30O8. The summed E-state index contributed by atoms with van der Waals surface area (Å²) in [5, 5.41) is 0. The zero-order chi connectivity index (χ0) is 23.5. The lowest BCUT2D eigenvalue weighted by Gasteiger charge is -2.25. The predicted octanol–water partition coefficient (Wildman–Crippen LogP) is 2.11. The number of carbonyl (C=O) groups is 4. The van der Waals surface area contributed by atoms with Gasteiger partial charge in [-0.3, -0.25) is 19.2 Å². The van der Waals surface area contributed by atoms with Crippen LogP contribution in [0.25, 0.3) is 0 Å². The molecule has 8 nitrogen and oxygen atoms in total. The van der Waals surface area contributed by atoms with Crippen LogP contribution >= 0.6 is 0 Å². The van der Waals surface area contributed by atoms with Crippen LogP contribution in [0, 0.1) is 10.8 Å². The molecule has 0 saturated carbocycles. The van der Waals surface area contributed by atoms with Crippen molar-refractivity contribution in [3.05, 3.63) is 34.4 Å². The van der Waals surface area contributed by atoms with Crippen LogP contribution in [-0.4, -0.2) is 50.3 Å². The van der Waals surface area contributed by atoms with Crippen molar-refractivity contribution in [2.75, 3.05) is 26.4 Å². The fraction of sp³-hybridized carbons (Fsp3) is 0.583. The van der Waals surface area contributed by atoms with E-state index in [0.717, 1.165) is 22.3 Å². The van der Waals surface area contributed by atoms with Crippen LogP contribution in [0.15, 0.2) is 12.1 Å². The van der Waals surface area contributed by atoms with Crippen LogP contribution in [0.5, 0.6) is 0 Å². The van der Waals surface area contributed by atoms with Gasteiger partial charge in [-0.15, -0.1) is 0 Å². The van der Waals surface area contributed by atoms with Gasteiger partial charge in [0.15, 0.2) is 10.8 Å². The lowest BCUT2D eigenvalue weighted by atomic mass is 9.83. The summed E-state index contributed by atoms with van der Waals surface area (Å²) in [6.07, 6.45) is 0.508. The first-order chi connectivity index (χ1) is 15.3. The largest absolute Gasteiger partial charge is 0.465 e. The normalized spacial score (nSPS) is 17.1. The summed E-state index contributed by atoms with van der Waals surface area (Å²) in [7, 11) is 0. The van der Waals surface area contributed by atoms with E-state index in [0.29, 0.717) is 0 Å². The lowest BCUT2D eigenvalue weighted by Crippen LogP contribution is -2.43. The van der Waals surface area contributed by atoms with Crippen molar-refractivity contribution in [2.24, 2.45) is 10.8 Å². The second-order valence-electron chi connectivity index (χ2n) is 8.09. The van der Waals surface area contributed by atoms with Crippen molar-refractivity contribution in [3.8, 4) is 0 Å². The second-order valence-corrected chi connectivity index (χ2v) is 8.09. The summed E-state index contributed by atoms with van der Waals surface area (Å²) in [4.78, 5) is 51.6. The molecule has 8 heteroatoms. The standard InChI is InChI=1S/C24H30O8/c1-5-29-19(25)23(20(26)30-6-2)11-15-9-10-16-12-24(21(27)31-7-3,22(28)32-8-4)14-18(16)17(15)13-23/h9-10H,5-8,11-14H2,1-4H3. The Kier molecular flexibility index (Phi) is 6.91. The minimum absolute atomic E-state index is 0.102. The molecule has 2 aliphatic carbocycles. The van der Waals surface area contributed by atoms with Gasteiger partial charge in [0.25, 0.3) is 0 Å². The van der Waals surface area contributed by atoms with Crippen molar-refractivity contribution in [1.82, 2.24) is 0 Å². The smallest absolute Gasteiger partial charge is 0.324 e. The summed E-state index contributed by atoms with van der Waals surface area (Å²) in [5.41, 5.74) is 0.269. The average Bonchev–Trinajstić information content (AvgIpc) is 3.35. The highest BCUT2D eigenvalue weighted by Gasteiger charge is 2.57. The Morgan fingerprint density at radius 3 is 1.12 bits per heavy atom. The van der Waals surface area contributed by atoms with E-state index in [-0.39, 0.29) is 52.1 Å². The topological polar surface area (TPSA) is 105 Å². The third-order valence-electron chi connectivity index (χ3n) is 6.23. The van der Waals surface area contributed by atoms with Crippen LogP contribution < -0.4 is 0 Å². The Balaban J connectivity index is 2.03.